The third kappa shape index (κ3) is 2.92. The molecule has 1 heteroatoms. The van der Waals surface area contributed by atoms with E-state index in [0.29, 0.717) is 0 Å². The molecule has 4 rings (SSSR count). The monoisotopic (exact) mass is 430 g/mol. The summed E-state index contributed by atoms with van der Waals surface area (Å²) in [6.45, 7) is 9.29. The van der Waals surface area contributed by atoms with Gasteiger partial charge in [0.25, 0.3) is 0 Å². The average Bonchev–Trinajstić information content (AvgIpc) is 3.22. The molecule has 0 aromatic heterocycles. The Hall–Kier alpha value is -1.72. The van der Waals surface area contributed by atoms with Gasteiger partial charge in [0, 0.05) is 0 Å². The second-order valence-corrected chi connectivity index (χ2v) is 17.4. The second-order valence-electron chi connectivity index (χ2n) is 7.87. The molecule has 136 valence electrons. The molecule has 0 heterocycles. The van der Waals surface area contributed by atoms with Gasteiger partial charge in [0.05, 0.1) is 0 Å². The van der Waals surface area contributed by atoms with Gasteiger partial charge in [-0.3, -0.25) is 0 Å². The quantitative estimate of drug-likeness (QED) is 0.554. The molecule has 0 saturated carbocycles. The van der Waals surface area contributed by atoms with Crippen LogP contribution in [0.25, 0.3) is 0 Å². The molecule has 0 spiro atoms. The number of benzene rings is 2. The number of allylic oxidation sites excluding steroid dienone is 8. The summed E-state index contributed by atoms with van der Waals surface area (Å²) >= 11 is -3.28. The van der Waals surface area contributed by atoms with Crippen LogP contribution in [0.2, 0.25) is 0 Å². The molecular formula is C26H28Zr. The van der Waals surface area contributed by atoms with Crippen molar-refractivity contribution in [2.45, 2.75) is 40.5 Å². The fourth-order valence-corrected chi connectivity index (χ4v) is 19.2. The van der Waals surface area contributed by atoms with Gasteiger partial charge in [-0.15, -0.1) is 0 Å². The van der Waals surface area contributed by atoms with E-state index in [1.165, 1.54) is 11.1 Å². The van der Waals surface area contributed by atoms with Crippen molar-refractivity contribution in [1.29, 1.82) is 0 Å². The molecule has 2 aliphatic rings. The van der Waals surface area contributed by atoms with Gasteiger partial charge in [0.1, 0.15) is 0 Å². The van der Waals surface area contributed by atoms with Gasteiger partial charge >= 0.3 is 169 Å². The molecule has 2 aliphatic carbocycles. The fraction of sp³-hybridized carbons (Fsp3) is 0.231. The fourth-order valence-electron chi connectivity index (χ4n) is 4.89. The Morgan fingerprint density at radius 1 is 0.556 bits per heavy atom. The van der Waals surface area contributed by atoms with Crippen molar-refractivity contribution in [1.82, 2.24) is 0 Å². The Labute approximate surface area is 168 Å². The van der Waals surface area contributed by atoms with Crippen LogP contribution in [0.15, 0.2) is 102 Å². The predicted molar refractivity (Wildman–Crippen MR) is 114 cm³/mol. The molecule has 0 fully saturated rings. The van der Waals surface area contributed by atoms with Gasteiger partial charge in [0.2, 0.25) is 0 Å². The first kappa shape index (κ1) is 18.6. The predicted octanol–water partition coefficient (Wildman–Crippen LogP) is 6.04. The van der Waals surface area contributed by atoms with E-state index in [0.717, 1.165) is 12.8 Å². The molecule has 2 aromatic rings. The van der Waals surface area contributed by atoms with Crippen LogP contribution in [0.1, 0.15) is 40.5 Å². The van der Waals surface area contributed by atoms with Crippen LogP contribution in [0.5, 0.6) is 0 Å². The Kier molecular flexibility index (Phi) is 5.08. The molecule has 0 N–H and O–H groups in total. The SMILES string of the molecule is CC1=CC[C]([Zr]([C]2=C(C)C(C)=CC2)([c]2ccccc2)[c]2ccccc2)=C1C. The Balaban J connectivity index is 2.12. The molecule has 27 heavy (non-hydrogen) atoms. The van der Waals surface area contributed by atoms with Crippen molar-refractivity contribution in [3.63, 3.8) is 0 Å². The summed E-state index contributed by atoms with van der Waals surface area (Å²) < 4.78 is 6.68. The molecule has 0 atom stereocenters. The van der Waals surface area contributed by atoms with E-state index in [4.69, 9.17) is 0 Å². The van der Waals surface area contributed by atoms with E-state index >= 15 is 0 Å². The first-order valence-electron chi connectivity index (χ1n) is 9.92. The van der Waals surface area contributed by atoms with Gasteiger partial charge < -0.3 is 0 Å². The van der Waals surface area contributed by atoms with Crippen molar-refractivity contribution < 1.29 is 20.3 Å². The molecule has 0 aliphatic heterocycles. The van der Waals surface area contributed by atoms with E-state index in [-0.39, 0.29) is 0 Å². The van der Waals surface area contributed by atoms with Gasteiger partial charge in [-0.25, -0.2) is 0 Å². The topological polar surface area (TPSA) is 0 Å². The van der Waals surface area contributed by atoms with Crippen molar-refractivity contribution in [3.8, 4) is 0 Å². The third-order valence-corrected chi connectivity index (χ3v) is 19.8. The average molecular weight is 432 g/mol. The van der Waals surface area contributed by atoms with E-state index in [9.17, 15) is 0 Å². The zero-order valence-electron chi connectivity index (χ0n) is 16.8. The molecule has 0 unspecified atom stereocenters. The van der Waals surface area contributed by atoms with Gasteiger partial charge in [-0.05, 0) is 0 Å². The first-order chi connectivity index (χ1) is 13.1. The first-order valence-corrected chi connectivity index (χ1v) is 14.8. The van der Waals surface area contributed by atoms with Crippen molar-refractivity contribution in [2.24, 2.45) is 0 Å². The standard InChI is InChI=1S/2C7H9.2C6H5.Zr/c2*1-6-4-3-5-7(6)2;2*1-2-4-6-5-3-1;/h2*4H,3H2,1-2H3;2*1-5H;. The molecule has 0 bridgehead atoms. The second kappa shape index (κ2) is 7.36. The summed E-state index contributed by atoms with van der Waals surface area (Å²) in [7, 11) is 0. The summed E-state index contributed by atoms with van der Waals surface area (Å²) in [4.78, 5) is 0. The molecule has 0 nitrogen and oxygen atoms in total. The van der Waals surface area contributed by atoms with Crippen LogP contribution in [0.3, 0.4) is 0 Å². The maximum absolute atomic E-state index is 3.28. The third-order valence-electron chi connectivity index (χ3n) is 6.63. The summed E-state index contributed by atoms with van der Waals surface area (Å²) in [6.07, 6.45) is 7.14. The van der Waals surface area contributed by atoms with Crippen LogP contribution < -0.4 is 6.54 Å². The molecular weight excluding hydrogens is 404 g/mol. The van der Waals surface area contributed by atoms with Crippen molar-refractivity contribution >= 4 is 6.54 Å². The summed E-state index contributed by atoms with van der Waals surface area (Å²) in [5, 5.41) is 0. The van der Waals surface area contributed by atoms with Crippen LogP contribution in [0, 0.1) is 0 Å². The van der Waals surface area contributed by atoms with E-state index in [1.807, 2.05) is 0 Å². The Bertz CT molecular complexity index is 902. The van der Waals surface area contributed by atoms with Crippen LogP contribution in [-0.4, -0.2) is 0 Å². The van der Waals surface area contributed by atoms with E-state index in [2.05, 4.69) is 101 Å². The number of hydrogen-bond donors (Lipinski definition) is 0. The van der Waals surface area contributed by atoms with Gasteiger partial charge in [-0.2, -0.15) is 0 Å². The molecule has 0 amide bonds. The van der Waals surface area contributed by atoms with E-state index < -0.39 is 20.3 Å². The van der Waals surface area contributed by atoms with Crippen molar-refractivity contribution in [2.75, 3.05) is 0 Å². The zero-order valence-corrected chi connectivity index (χ0v) is 19.3. The summed E-state index contributed by atoms with van der Waals surface area (Å²) in [5.74, 6) is 0. The molecule has 2 aromatic carbocycles. The van der Waals surface area contributed by atoms with Gasteiger partial charge in [-0.1, -0.05) is 0 Å². The number of hydrogen-bond acceptors (Lipinski definition) is 0. The van der Waals surface area contributed by atoms with Crippen LogP contribution in [-0.2, 0) is 20.3 Å². The Morgan fingerprint density at radius 2 is 0.926 bits per heavy atom. The minimum atomic E-state index is -3.28. The molecule has 0 radical (unpaired) electrons. The van der Waals surface area contributed by atoms with Crippen molar-refractivity contribution in [3.05, 3.63) is 102 Å². The molecule has 0 saturated heterocycles. The maximum atomic E-state index is 2.45. The number of rotatable bonds is 4. The Morgan fingerprint density at radius 3 is 1.22 bits per heavy atom. The zero-order chi connectivity index (χ0) is 19.0. The van der Waals surface area contributed by atoms with E-state index in [1.54, 1.807) is 24.3 Å². The van der Waals surface area contributed by atoms with Crippen LogP contribution in [0.4, 0.5) is 0 Å². The minimum absolute atomic E-state index is 1.12. The summed E-state index contributed by atoms with van der Waals surface area (Å²) in [5.41, 5.74) is 6.03. The normalized spacial score (nSPS) is 17.5. The summed E-state index contributed by atoms with van der Waals surface area (Å²) in [6, 6.07) is 22.9. The van der Waals surface area contributed by atoms with Gasteiger partial charge in [0.15, 0.2) is 0 Å². The van der Waals surface area contributed by atoms with Crippen LogP contribution >= 0.6 is 0 Å².